The normalized spacial score (nSPS) is 13.6. The largest absolute Gasteiger partial charge is 0.0826 e. The van der Waals surface area contributed by atoms with E-state index in [1.165, 1.54) is 0 Å². The Morgan fingerprint density at radius 3 is 2.58 bits per heavy atom. The molecule has 0 unspecified atom stereocenters. The van der Waals surface area contributed by atoms with E-state index in [1.807, 2.05) is 18.2 Å². The number of hydrogen-bond donors (Lipinski definition) is 0. The minimum absolute atomic E-state index is 0.448. The average Bonchev–Trinajstić information content (AvgIpc) is 2.48. The zero-order valence-electron chi connectivity index (χ0n) is 6.07. The van der Waals surface area contributed by atoms with Crippen molar-refractivity contribution in [2.24, 2.45) is 0 Å². The van der Waals surface area contributed by atoms with Crippen molar-refractivity contribution in [3.8, 4) is 0 Å². The van der Waals surface area contributed by atoms with Gasteiger partial charge in [-0.05, 0) is 23.6 Å². The lowest BCUT2D eigenvalue weighted by Gasteiger charge is -2.05. The smallest absolute Gasteiger partial charge is 0.0784 e. The van der Waals surface area contributed by atoms with Crippen molar-refractivity contribution in [1.82, 2.24) is 0 Å². The van der Waals surface area contributed by atoms with Gasteiger partial charge >= 0.3 is 0 Å². The van der Waals surface area contributed by atoms with Crippen molar-refractivity contribution in [2.45, 2.75) is 6.42 Å². The van der Waals surface area contributed by atoms with Gasteiger partial charge in [0.25, 0.3) is 0 Å². The van der Waals surface area contributed by atoms with Crippen LogP contribution in [0, 0.1) is 0 Å². The van der Waals surface area contributed by atoms with Gasteiger partial charge < -0.3 is 0 Å². The van der Waals surface area contributed by atoms with Crippen molar-refractivity contribution in [3.63, 3.8) is 0 Å². The van der Waals surface area contributed by atoms with Crippen molar-refractivity contribution < 1.29 is 0 Å². The fraction of sp³-hybridized carbons (Fsp3) is 0.111. The van der Waals surface area contributed by atoms with Gasteiger partial charge in [0.2, 0.25) is 0 Å². The molecule has 1 aliphatic rings. The molecule has 0 fully saturated rings. The molecule has 12 heavy (non-hydrogen) atoms. The molecule has 0 atom stereocenters. The standard InChI is InChI=1S/C9H5Cl3/c10-7-4-5-2-1-3-6(5)8(11)9(7)12/h1,3-4H,2H2. The highest BCUT2D eigenvalue weighted by Gasteiger charge is 2.14. The summed E-state index contributed by atoms with van der Waals surface area (Å²) in [6.07, 6.45) is 4.91. The van der Waals surface area contributed by atoms with Crippen molar-refractivity contribution >= 4 is 40.9 Å². The van der Waals surface area contributed by atoms with Gasteiger partial charge in [0.05, 0.1) is 15.1 Å². The highest BCUT2D eigenvalue weighted by atomic mass is 35.5. The second-order valence-corrected chi connectivity index (χ2v) is 3.83. The first-order valence-corrected chi connectivity index (χ1v) is 4.66. The Labute approximate surface area is 85.7 Å². The summed E-state index contributed by atoms with van der Waals surface area (Å²) in [5, 5.41) is 1.54. The molecule has 0 radical (unpaired) electrons. The Balaban J connectivity index is 2.73. The molecular formula is C9H5Cl3. The van der Waals surface area contributed by atoms with Crippen molar-refractivity contribution in [3.05, 3.63) is 38.3 Å². The zero-order chi connectivity index (χ0) is 8.72. The topological polar surface area (TPSA) is 0 Å². The molecule has 1 aliphatic carbocycles. The Hall–Kier alpha value is -0.170. The van der Waals surface area contributed by atoms with Gasteiger partial charge in [-0.15, -0.1) is 0 Å². The highest BCUT2D eigenvalue weighted by molar-refractivity contribution is 6.48. The van der Waals surface area contributed by atoms with Gasteiger partial charge in [-0.25, -0.2) is 0 Å². The molecule has 3 heteroatoms. The van der Waals surface area contributed by atoms with E-state index in [2.05, 4.69) is 0 Å². The SMILES string of the molecule is Clc1cc2c(c(Cl)c1Cl)C=CC2. The highest BCUT2D eigenvalue weighted by Crippen LogP contribution is 2.38. The van der Waals surface area contributed by atoms with Gasteiger partial charge in [0, 0.05) is 0 Å². The first-order valence-electron chi connectivity index (χ1n) is 3.53. The molecule has 0 heterocycles. The molecule has 0 saturated heterocycles. The van der Waals surface area contributed by atoms with Crippen LogP contribution in [0.25, 0.3) is 6.08 Å². The summed E-state index contributed by atoms with van der Waals surface area (Å²) < 4.78 is 0. The van der Waals surface area contributed by atoms with E-state index >= 15 is 0 Å². The summed E-state index contributed by atoms with van der Waals surface area (Å²) in [5.74, 6) is 0. The summed E-state index contributed by atoms with van der Waals surface area (Å²) in [7, 11) is 0. The van der Waals surface area contributed by atoms with Gasteiger partial charge in [-0.2, -0.15) is 0 Å². The summed E-state index contributed by atoms with van der Waals surface area (Å²) >= 11 is 17.7. The second-order valence-electron chi connectivity index (χ2n) is 2.67. The molecule has 1 aromatic carbocycles. The van der Waals surface area contributed by atoms with Crippen molar-refractivity contribution in [2.75, 3.05) is 0 Å². The number of rotatable bonds is 0. The molecule has 0 spiro atoms. The molecule has 0 aliphatic heterocycles. The Morgan fingerprint density at radius 1 is 1.08 bits per heavy atom. The number of benzene rings is 1. The molecule has 0 bridgehead atoms. The molecule has 0 aromatic heterocycles. The van der Waals surface area contributed by atoms with Crippen LogP contribution in [-0.2, 0) is 6.42 Å². The van der Waals surface area contributed by atoms with Gasteiger partial charge in [0.1, 0.15) is 0 Å². The maximum absolute atomic E-state index is 5.98. The number of halogens is 3. The van der Waals surface area contributed by atoms with Crippen LogP contribution in [0.5, 0.6) is 0 Å². The van der Waals surface area contributed by atoms with Crippen LogP contribution in [0.4, 0.5) is 0 Å². The fourth-order valence-corrected chi connectivity index (χ4v) is 2.03. The maximum atomic E-state index is 5.98. The first kappa shape index (κ1) is 8.43. The Kier molecular flexibility index (Phi) is 2.07. The predicted molar refractivity (Wildman–Crippen MR) is 54.2 cm³/mol. The van der Waals surface area contributed by atoms with Crippen molar-refractivity contribution in [1.29, 1.82) is 0 Å². The van der Waals surface area contributed by atoms with Crippen LogP contribution in [-0.4, -0.2) is 0 Å². The quantitative estimate of drug-likeness (QED) is 0.573. The Morgan fingerprint density at radius 2 is 1.83 bits per heavy atom. The Bertz CT molecular complexity index is 367. The van der Waals surface area contributed by atoms with E-state index in [4.69, 9.17) is 34.8 Å². The molecule has 2 rings (SSSR count). The van der Waals surface area contributed by atoms with E-state index in [0.29, 0.717) is 15.1 Å². The summed E-state index contributed by atoms with van der Waals surface area (Å²) in [4.78, 5) is 0. The molecule has 0 N–H and O–H groups in total. The molecule has 1 aromatic rings. The monoisotopic (exact) mass is 218 g/mol. The van der Waals surface area contributed by atoms with Crippen LogP contribution >= 0.6 is 34.8 Å². The third kappa shape index (κ3) is 1.15. The molecule has 62 valence electrons. The third-order valence-electron chi connectivity index (χ3n) is 1.91. The van der Waals surface area contributed by atoms with Crippen LogP contribution < -0.4 is 0 Å². The molecule has 0 saturated carbocycles. The van der Waals surface area contributed by atoms with E-state index in [9.17, 15) is 0 Å². The average molecular weight is 219 g/mol. The van der Waals surface area contributed by atoms with Gasteiger partial charge in [0.15, 0.2) is 0 Å². The van der Waals surface area contributed by atoms with Crippen LogP contribution in [0.15, 0.2) is 12.1 Å². The molecular weight excluding hydrogens is 214 g/mol. The summed E-state index contributed by atoms with van der Waals surface area (Å²) in [6, 6.07) is 1.87. The van der Waals surface area contributed by atoms with Gasteiger partial charge in [-0.1, -0.05) is 47.0 Å². The minimum Gasteiger partial charge on any atom is -0.0826 e. The second kappa shape index (κ2) is 2.95. The lowest BCUT2D eigenvalue weighted by atomic mass is 10.1. The lowest BCUT2D eigenvalue weighted by Crippen LogP contribution is -1.84. The van der Waals surface area contributed by atoms with E-state index in [1.54, 1.807) is 0 Å². The maximum Gasteiger partial charge on any atom is 0.0784 e. The molecule has 0 nitrogen and oxygen atoms in total. The zero-order valence-corrected chi connectivity index (χ0v) is 8.34. The summed E-state index contributed by atoms with van der Waals surface area (Å²) in [5.41, 5.74) is 2.15. The van der Waals surface area contributed by atoms with E-state index in [-0.39, 0.29) is 0 Å². The van der Waals surface area contributed by atoms with Crippen LogP contribution in [0.1, 0.15) is 11.1 Å². The van der Waals surface area contributed by atoms with Gasteiger partial charge in [-0.3, -0.25) is 0 Å². The number of fused-ring (bicyclic) bond motifs is 1. The lowest BCUT2D eigenvalue weighted by molar-refractivity contribution is 1.31. The van der Waals surface area contributed by atoms with E-state index < -0.39 is 0 Å². The fourth-order valence-electron chi connectivity index (χ4n) is 1.31. The minimum atomic E-state index is 0.448. The summed E-state index contributed by atoms with van der Waals surface area (Å²) in [6.45, 7) is 0. The third-order valence-corrected chi connectivity index (χ3v) is 3.18. The first-order chi connectivity index (χ1) is 5.70. The number of hydrogen-bond acceptors (Lipinski definition) is 0. The van der Waals surface area contributed by atoms with Crippen LogP contribution in [0.2, 0.25) is 15.1 Å². The molecule has 0 amide bonds. The van der Waals surface area contributed by atoms with Crippen LogP contribution in [0.3, 0.4) is 0 Å². The number of allylic oxidation sites excluding steroid dienone is 1. The van der Waals surface area contributed by atoms with E-state index in [0.717, 1.165) is 17.5 Å². The predicted octanol–water partition coefficient (Wildman–Crippen LogP) is 4.22.